The summed E-state index contributed by atoms with van der Waals surface area (Å²) in [6, 6.07) is 6.45. The first-order chi connectivity index (χ1) is 36.3. The van der Waals surface area contributed by atoms with E-state index < -0.39 is 125 Å². The summed E-state index contributed by atoms with van der Waals surface area (Å²) in [5.74, 6) is 0.296. The van der Waals surface area contributed by atoms with E-state index in [2.05, 4.69) is 51.5 Å². The van der Waals surface area contributed by atoms with Crippen LogP contribution in [0.15, 0.2) is 93.0 Å². The average Bonchev–Trinajstić information content (AvgIpc) is 3.89. The van der Waals surface area contributed by atoms with Crippen LogP contribution < -0.4 is 20.8 Å². The van der Waals surface area contributed by atoms with Crippen LogP contribution in [0.25, 0.3) is 22.3 Å². The molecule has 22 nitrogen and oxygen atoms in total. The lowest BCUT2D eigenvalue weighted by molar-refractivity contribution is -0.378. The molecule has 13 rings (SSSR count). The fraction of sp³-hybridized carbons (Fsp3) is 0.389. The number of ether oxygens (including phenoxy) is 4. The number of aromatic hydroxyl groups is 3. The van der Waals surface area contributed by atoms with Gasteiger partial charge in [0.25, 0.3) is 11.4 Å². The topological polar surface area (TPSA) is 364 Å². The number of H-pyrrole nitrogens is 1. The number of carboxylic acids is 1. The Balaban J connectivity index is 1.12. The van der Waals surface area contributed by atoms with Gasteiger partial charge in [-0.2, -0.15) is 0 Å². The highest BCUT2D eigenvalue weighted by Crippen LogP contribution is 2.57. The summed E-state index contributed by atoms with van der Waals surface area (Å²) in [5, 5.41) is 133. The first-order valence-electron chi connectivity index (χ1n) is 24.4. The number of fused-ring (bicyclic) bond motifs is 10. The number of phenols is 3. The molecule has 0 radical (unpaired) electrons. The third-order valence-electron chi connectivity index (χ3n) is 16.0. The van der Waals surface area contributed by atoms with E-state index in [0.29, 0.717) is 16.8 Å². The number of rotatable bonds is 5. The van der Waals surface area contributed by atoms with Gasteiger partial charge >= 0.3 is 11.9 Å². The Kier molecular flexibility index (Phi) is 11.4. The van der Waals surface area contributed by atoms with Crippen molar-refractivity contribution in [3.8, 4) is 58.0 Å². The molecule has 0 amide bonds. The van der Waals surface area contributed by atoms with Crippen LogP contribution in [0.1, 0.15) is 54.0 Å². The first kappa shape index (κ1) is 49.4. The van der Waals surface area contributed by atoms with Gasteiger partial charge in [-0.1, -0.05) is 48.0 Å². The monoisotopic (exact) mass is 1040 g/mol. The largest absolute Gasteiger partial charge is 0.507 e. The highest BCUT2D eigenvalue weighted by atomic mass is 16.8. The highest BCUT2D eigenvalue weighted by Gasteiger charge is 2.75. The van der Waals surface area contributed by atoms with Crippen molar-refractivity contribution in [1.82, 2.24) is 15.6 Å². The second-order valence-corrected chi connectivity index (χ2v) is 20.3. The van der Waals surface area contributed by atoms with Gasteiger partial charge in [0.2, 0.25) is 11.9 Å². The maximum Gasteiger partial charge on any atom is 0.351 e. The number of carbonyl (C=O) groups is 2. The Morgan fingerprint density at radius 3 is 2.55 bits per heavy atom. The minimum absolute atomic E-state index is 0.0689. The number of aromatic nitrogens is 1. The van der Waals surface area contributed by atoms with E-state index in [1.165, 1.54) is 12.1 Å². The van der Waals surface area contributed by atoms with Crippen molar-refractivity contribution < 1.29 is 89.1 Å². The quantitative estimate of drug-likeness (QED) is 0.0526. The molecular weight excluding hydrogens is 995 g/mol. The van der Waals surface area contributed by atoms with Crippen LogP contribution >= 0.6 is 0 Å². The molecule has 2 aromatic heterocycles. The van der Waals surface area contributed by atoms with Crippen molar-refractivity contribution in [3.63, 3.8) is 0 Å². The van der Waals surface area contributed by atoms with E-state index in [1.807, 2.05) is 6.08 Å². The molecule has 14 N–H and O–H groups in total. The minimum atomic E-state index is -3.15. The van der Waals surface area contributed by atoms with E-state index in [9.17, 15) is 65.8 Å². The minimum Gasteiger partial charge on any atom is -0.507 e. The third kappa shape index (κ3) is 7.11. The number of esters is 1. The normalized spacial score (nSPS) is 35.8. The Morgan fingerprint density at radius 2 is 1.76 bits per heavy atom. The van der Waals surface area contributed by atoms with Gasteiger partial charge < -0.3 is 89.8 Å². The molecule has 394 valence electrons. The average molecular weight is 1040 g/mol. The van der Waals surface area contributed by atoms with Crippen molar-refractivity contribution in [3.05, 3.63) is 116 Å². The van der Waals surface area contributed by atoms with Gasteiger partial charge in [-0.05, 0) is 54.5 Å². The predicted octanol–water partition coefficient (Wildman–Crippen LogP) is -0.351. The second-order valence-electron chi connectivity index (χ2n) is 20.3. The summed E-state index contributed by atoms with van der Waals surface area (Å²) in [6.45, 7) is -0.415. The Labute approximate surface area is 429 Å². The molecule has 2 aliphatic carbocycles. The van der Waals surface area contributed by atoms with Crippen LogP contribution in [0.5, 0.6) is 23.0 Å². The number of aliphatic hydroxyl groups is 7. The maximum absolute atomic E-state index is 15.3. The standard InChI is InChI=1S/C54H49N3O19/c58-13-8-25-14-26(17-34(60)40(25)61)35-20-33(59)39-36(72-35)21-37-38(41(39)62)30(27-16-31-24-4-1-6-29(15-24)57-47(31)56-22-27)18-28-19-32-23(7-12-55-32)5-2-10-52(71)45(66)46(67)54(28,74-37)76-53(52)11-3-9-51(49(68)69)44(65)42(63)43(64)48(75-51)73-50(53)70/h1,6-7,12,14,16-18,20-22,24,29-30,42-48,55-58,60-67,71H,4,8,10-11,13,15,19H2,(H,68,69). The zero-order valence-corrected chi connectivity index (χ0v) is 39.8. The number of carboxylic acid groups (broad SMARTS) is 1. The second kappa shape index (κ2) is 17.6. The number of benzene rings is 2. The molecule has 76 heavy (non-hydrogen) atoms. The van der Waals surface area contributed by atoms with E-state index >= 15 is 4.79 Å². The Bertz CT molecular complexity index is 3500. The number of aromatic amines is 1. The molecule has 2 aromatic carbocycles. The van der Waals surface area contributed by atoms with Gasteiger partial charge in [-0.25, -0.2) is 9.59 Å². The van der Waals surface area contributed by atoms with Gasteiger partial charge in [0.15, 0.2) is 23.0 Å². The molecule has 7 aliphatic heterocycles. The van der Waals surface area contributed by atoms with Crippen molar-refractivity contribution in [1.29, 1.82) is 0 Å². The molecule has 9 aliphatic rings. The van der Waals surface area contributed by atoms with Crippen LogP contribution in [0.2, 0.25) is 0 Å². The number of hydrogen-bond acceptors (Lipinski definition) is 20. The summed E-state index contributed by atoms with van der Waals surface area (Å²) < 4.78 is 31.4. The van der Waals surface area contributed by atoms with Crippen molar-refractivity contribution in [2.45, 2.75) is 116 Å². The van der Waals surface area contributed by atoms with E-state index in [0.717, 1.165) is 30.5 Å². The van der Waals surface area contributed by atoms with Gasteiger partial charge in [0, 0.05) is 89.5 Å². The zero-order chi connectivity index (χ0) is 53.4. The summed E-state index contributed by atoms with van der Waals surface area (Å²) in [7, 11) is 0. The number of phenolic OH excluding ortho intramolecular Hbond substituents is 3. The summed E-state index contributed by atoms with van der Waals surface area (Å²) in [4.78, 5) is 45.8. The predicted molar refractivity (Wildman–Crippen MR) is 258 cm³/mol. The number of dihydropyridines is 1. The summed E-state index contributed by atoms with van der Waals surface area (Å²) in [6.07, 6.45) is -4.85. The number of piperidine rings is 1. The molecular formula is C54H49N3O19. The summed E-state index contributed by atoms with van der Waals surface area (Å²) in [5.41, 5.74) is -8.33. The smallest absolute Gasteiger partial charge is 0.351 e. The number of allylic oxidation sites excluding steroid dienone is 4. The van der Waals surface area contributed by atoms with E-state index in [-0.39, 0.29) is 70.0 Å². The lowest BCUT2D eigenvalue weighted by Gasteiger charge is -2.57. The Hall–Kier alpha value is -7.45. The molecule has 14 unspecified atom stereocenters. The molecule has 14 atom stereocenters. The van der Waals surface area contributed by atoms with Gasteiger partial charge in [0.1, 0.15) is 58.2 Å². The van der Waals surface area contributed by atoms with Gasteiger partial charge in [0.05, 0.1) is 12.6 Å². The lowest BCUT2D eigenvalue weighted by atomic mass is 9.67. The molecule has 3 saturated heterocycles. The van der Waals surface area contributed by atoms with Crippen LogP contribution in [0.4, 0.5) is 0 Å². The third-order valence-corrected chi connectivity index (χ3v) is 16.0. The Morgan fingerprint density at radius 1 is 0.947 bits per heavy atom. The van der Waals surface area contributed by atoms with Crippen molar-refractivity contribution in [2.75, 3.05) is 6.61 Å². The number of carbonyl (C=O) groups excluding carboxylic acids is 1. The van der Waals surface area contributed by atoms with E-state index in [4.69, 9.17) is 23.4 Å². The molecule has 22 heteroatoms. The lowest BCUT2D eigenvalue weighted by Crippen LogP contribution is -2.80. The van der Waals surface area contributed by atoms with Gasteiger partial charge in [-0.15, -0.1) is 0 Å². The maximum atomic E-state index is 15.3. The van der Waals surface area contributed by atoms with Gasteiger partial charge in [-0.3, -0.25) is 10.1 Å². The number of aliphatic carboxylic acids is 1. The van der Waals surface area contributed by atoms with Crippen LogP contribution in [-0.2, 0) is 36.6 Å². The molecule has 9 heterocycles. The molecule has 3 fully saturated rings. The summed E-state index contributed by atoms with van der Waals surface area (Å²) >= 11 is 0. The van der Waals surface area contributed by atoms with Crippen LogP contribution in [-0.4, -0.2) is 151 Å². The fourth-order valence-corrected chi connectivity index (χ4v) is 11.9. The fourth-order valence-electron chi connectivity index (χ4n) is 11.9. The first-order valence-corrected chi connectivity index (χ1v) is 24.4. The number of hydrogen-bond donors (Lipinski definition) is 14. The van der Waals surface area contributed by atoms with Crippen LogP contribution in [0, 0.1) is 29.6 Å². The van der Waals surface area contributed by atoms with Crippen molar-refractivity contribution in [2.24, 2.45) is 5.92 Å². The number of aliphatic hydroxyl groups excluding tert-OH is 6. The SMILES string of the molecule is O=C(O)C12C#CCC3(OC45Oc6cc7oc(-c8cc(O)c(O)c(CCO)c8)cc(=O)c7c(O)c6C(C6=CNC7NC8C=CCC(C8)C7=C6)C=C4Cc4[nH]ccc4C#CCC3(O)C(O)C5O)C(=O)OC(O1)C(O)C(O)C2O. The molecule has 4 aromatic rings. The number of nitrogens with one attached hydrogen (secondary N) is 3. The van der Waals surface area contributed by atoms with E-state index in [1.54, 1.807) is 24.5 Å². The van der Waals surface area contributed by atoms with Crippen LogP contribution in [0.3, 0.4) is 0 Å². The van der Waals surface area contributed by atoms with Crippen molar-refractivity contribution >= 4 is 22.9 Å². The molecule has 2 spiro atoms. The highest BCUT2D eigenvalue weighted by molar-refractivity contribution is 5.90. The molecule has 0 saturated carbocycles. The molecule has 6 bridgehead atoms. The zero-order valence-electron chi connectivity index (χ0n) is 39.8.